The minimum absolute atomic E-state index is 0.128. The molecule has 0 bridgehead atoms. The number of nitrogens with one attached hydrogen (secondary N) is 1. The van der Waals surface area contributed by atoms with Crippen LogP contribution in [0.15, 0.2) is 0 Å². The van der Waals surface area contributed by atoms with Gasteiger partial charge in [0.15, 0.2) is 0 Å². The van der Waals surface area contributed by atoms with Crippen LogP contribution in [0.2, 0.25) is 0 Å². The predicted molar refractivity (Wildman–Crippen MR) is 76.2 cm³/mol. The molecule has 1 fully saturated rings. The van der Waals surface area contributed by atoms with E-state index < -0.39 is 18.7 Å². The summed E-state index contributed by atoms with van der Waals surface area (Å²) in [6, 6.07) is 0. The quantitative estimate of drug-likeness (QED) is 0.642. The lowest BCUT2D eigenvalue weighted by Crippen LogP contribution is -2.33. The van der Waals surface area contributed by atoms with E-state index in [1.165, 1.54) is 12.8 Å². The summed E-state index contributed by atoms with van der Waals surface area (Å²) in [5, 5.41) is 12.7. The van der Waals surface area contributed by atoms with Gasteiger partial charge >= 0.3 is 6.18 Å². The van der Waals surface area contributed by atoms with Crippen LogP contribution >= 0.6 is 0 Å². The Morgan fingerprint density at radius 2 is 1.86 bits per heavy atom. The number of hydrogen-bond donors (Lipinski definition) is 2. The Morgan fingerprint density at radius 3 is 2.48 bits per heavy atom. The van der Waals surface area contributed by atoms with Crippen LogP contribution in [0.1, 0.15) is 51.9 Å². The fraction of sp³-hybridized carbons (Fsp3) is 1.00. The highest BCUT2D eigenvalue weighted by molar-refractivity contribution is 4.71. The minimum Gasteiger partial charge on any atom is -0.389 e. The van der Waals surface area contributed by atoms with Crippen molar-refractivity contribution in [3.8, 4) is 0 Å². The molecule has 3 nitrogen and oxygen atoms in total. The van der Waals surface area contributed by atoms with E-state index in [9.17, 15) is 18.3 Å². The fourth-order valence-electron chi connectivity index (χ4n) is 2.55. The highest BCUT2D eigenvalue weighted by Crippen LogP contribution is 2.25. The maximum absolute atomic E-state index is 11.9. The van der Waals surface area contributed by atoms with Gasteiger partial charge in [-0.3, -0.25) is 0 Å². The summed E-state index contributed by atoms with van der Waals surface area (Å²) in [7, 11) is 0. The zero-order valence-corrected chi connectivity index (χ0v) is 12.8. The van der Waals surface area contributed by atoms with Crippen molar-refractivity contribution in [1.29, 1.82) is 0 Å². The van der Waals surface area contributed by atoms with Crippen molar-refractivity contribution in [3.63, 3.8) is 0 Å². The van der Waals surface area contributed by atoms with Gasteiger partial charge in [-0.1, -0.05) is 6.92 Å². The monoisotopic (exact) mass is 311 g/mol. The molecule has 126 valence electrons. The standard InChI is InChI=1S/C15H28F3NO2/c1-12-4-6-14(7-5-12)21-11-13(20)10-19-9-3-2-8-15(16,17)18/h12-14,19-20H,2-11H2,1H3. The van der Waals surface area contributed by atoms with E-state index in [0.29, 0.717) is 26.1 Å². The van der Waals surface area contributed by atoms with Crippen molar-refractivity contribution in [3.05, 3.63) is 0 Å². The lowest BCUT2D eigenvalue weighted by atomic mass is 9.89. The first-order chi connectivity index (χ1) is 9.87. The van der Waals surface area contributed by atoms with Crippen molar-refractivity contribution in [2.45, 2.75) is 70.3 Å². The van der Waals surface area contributed by atoms with Crippen LogP contribution in [0.25, 0.3) is 0 Å². The largest absolute Gasteiger partial charge is 0.389 e. The zero-order chi connectivity index (χ0) is 15.7. The third kappa shape index (κ3) is 10.1. The molecular formula is C15H28F3NO2. The van der Waals surface area contributed by atoms with Crippen molar-refractivity contribution < 1.29 is 23.0 Å². The first-order valence-electron chi connectivity index (χ1n) is 7.94. The van der Waals surface area contributed by atoms with Crippen LogP contribution in [0.3, 0.4) is 0 Å². The molecular weight excluding hydrogens is 283 g/mol. The van der Waals surface area contributed by atoms with E-state index in [-0.39, 0.29) is 12.5 Å². The zero-order valence-electron chi connectivity index (χ0n) is 12.8. The lowest BCUT2D eigenvalue weighted by molar-refractivity contribution is -0.135. The molecule has 0 aromatic carbocycles. The summed E-state index contributed by atoms with van der Waals surface area (Å²) in [5.74, 6) is 0.771. The van der Waals surface area contributed by atoms with E-state index in [1.54, 1.807) is 0 Å². The molecule has 1 aliphatic rings. The Labute approximate surface area is 125 Å². The van der Waals surface area contributed by atoms with Crippen LogP contribution in [0.4, 0.5) is 13.2 Å². The molecule has 0 heterocycles. The van der Waals surface area contributed by atoms with Crippen LogP contribution in [-0.2, 0) is 4.74 Å². The highest BCUT2D eigenvalue weighted by Gasteiger charge is 2.25. The summed E-state index contributed by atoms with van der Waals surface area (Å²) >= 11 is 0. The second-order valence-corrected chi connectivity index (χ2v) is 6.15. The third-order valence-electron chi connectivity index (χ3n) is 3.93. The van der Waals surface area contributed by atoms with Crippen molar-refractivity contribution in [1.82, 2.24) is 5.32 Å². The number of hydrogen-bond acceptors (Lipinski definition) is 3. The van der Waals surface area contributed by atoms with E-state index >= 15 is 0 Å². The molecule has 2 N–H and O–H groups in total. The van der Waals surface area contributed by atoms with Gasteiger partial charge in [0.05, 0.1) is 18.8 Å². The normalized spacial score (nSPS) is 25.0. The van der Waals surface area contributed by atoms with Crippen molar-refractivity contribution in [2.75, 3.05) is 19.7 Å². The fourth-order valence-corrected chi connectivity index (χ4v) is 2.55. The van der Waals surface area contributed by atoms with Gasteiger partial charge < -0.3 is 15.2 Å². The molecule has 0 radical (unpaired) electrons. The third-order valence-corrected chi connectivity index (χ3v) is 3.93. The van der Waals surface area contributed by atoms with Gasteiger partial charge in [0.1, 0.15) is 0 Å². The summed E-state index contributed by atoms with van der Waals surface area (Å²) in [6.07, 6.45) is -0.0782. The Kier molecular flexibility index (Phi) is 8.59. The van der Waals surface area contributed by atoms with E-state index in [0.717, 1.165) is 18.8 Å². The topological polar surface area (TPSA) is 41.5 Å². The maximum Gasteiger partial charge on any atom is 0.389 e. The number of unbranched alkanes of at least 4 members (excludes halogenated alkanes) is 1. The van der Waals surface area contributed by atoms with Crippen LogP contribution in [-0.4, -0.2) is 43.2 Å². The van der Waals surface area contributed by atoms with Gasteiger partial charge in [0.2, 0.25) is 0 Å². The summed E-state index contributed by atoms with van der Waals surface area (Å²) in [4.78, 5) is 0. The van der Waals surface area contributed by atoms with Crippen LogP contribution < -0.4 is 5.32 Å². The average molecular weight is 311 g/mol. The minimum atomic E-state index is -4.06. The molecule has 1 rings (SSSR count). The summed E-state index contributed by atoms with van der Waals surface area (Å²) in [5.41, 5.74) is 0. The van der Waals surface area contributed by atoms with Crippen molar-refractivity contribution in [2.24, 2.45) is 5.92 Å². The lowest BCUT2D eigenvalue weighted by Gasteiger charge is -2.27. The Hall–Kier alpha value is -0.330. The van der Waals surface area contributed by atoms with Gasteiger partial charge in [-0.25, -0.2) is 0 Å². The molecule has 0 aliphatic heterocycles. The molecule has 21 heavy (non-hydrogen) atoms. The van der Waals surface area contributed by atoms with Gasteiger partial charge in [-0.2, -0.15) is 13.2 Å². The number of halogens is 3. The van der Waals surface area contributed by atoms with Crippen LogP contribution in [0, 0.1) is 5.92 Å². The van der Waals surface area contributed by atoms with Crippen LogP contribution in [0.5, 0.6) is 0 Å². The first-order valence-corrected chi connectivity index (χ1v) is 7.94. The van der Waals surface area contributed by atoms with E-state index in [4.69, 9.17) is 4.74 Å². The number of aliphatic hydroxyl groups is 1. The maximum atomic E-state index is 11.9. The van der Waals surface area contributed by atoms with E-state index in [2.05, 4.69) is 12.2 Å². The molecule has 0 aromatic heterocycles. The SMILES string of the molecule is CC1CCC(OCC(O)CNCCCCC(F)(F)F)CC1. The Morgan fingerprint density at radius 1 is 1.19 bits per heavy atom. The molecule has 1 atom stereocenters. The molecule has 1 saturated carbocycles. The smallest absolute Gasteiger partial charge is 0.389 e. The molecule has 1 unspecified atom stereocenters. The van der Waals surface area contributed by atoms with Gasteiger partial charge in [0.25, 0.3) is 0 Å². The van der Waals surface area contributed by atoms with E-state index in [1.807, 2.05) is 0 Å². The molecule has 0 amide bonds. The number of ether oxygens (including phenoxy) is 1. The predicted octanol–water partition coefficient (Wildman–Crippen LogP) is 3.26. The van der Waals surface area contributed by atoms with Gasteiger partial charge in [0, 0.05) is 13.0 Å². The molecule has 1 aliphatic carbocycles. The molecule has 0 aromatic rings. The second kappa shape index (κ2) is 9.64. The van der Waals surface area contributed by atoms with Crippen molar-refractivity contribution >= 4 is 0 Å². The molecule has 0 saturated heterocycles. The number of rotatable bonds is 9. The Balaban J connectivity index is 1.93. The average Bonchev–Trinajstić information content (AvgIpc) is 2.41. The summed E-state index contributed by atoms with van der Waals surface area (Å²) < 4.78 is 41.4. The summed E-state index contributed by atoms with van der Waals surface area (Å²) in [6.45, 7) is 3.41. The first kappa shape index (κ1) is 18.7. The Bertz CT molecular complexity index is 266. The molecule has 6 heteroatoms. The number of aliphatic hydroxyl groups excluding tert-OH is 1. The number of alkyl halides is 3. The van der Waals surface area contributed by atoms with Gasteiger partial charge in [-0.05, 0) is 51.0 Å². The van der Waals surface area contributed by atoms with Gasteiger partial charge in [-0.15, -0.1) is 0 Å². The highest BCUT2D eigenvalue weighted by atomic mass is 19.4. The second-order valence-electron chi connectivity index (χ2n) is 6.15. The molecule has 0 spiro atoms.